The maximum absolute atomic E-state index is 11.5. The minimum Gasteiger partial charge on any atom is -0.507 e. The van der Waals surface area contributed by atoms with Crippen LogP contribution in [0.1, 0.15) is 15.9 Å². The number of phenolic OH excluding ortho intramolecular Hbond substituents is 3. The van der Waals surface area contributed by atoms with Crippen molar-refractivity contribution in [1.82, 2.24) is 9.97 Å². The molecule has 3 aromatic rings. The van der Waals surface area contributed by atoms with Gasteiger partial charge < -0.3 is 26.5 Å². The number of aromatic nitrogens is 2. The zero-order chi connectivity index (χ0) is 16.0. The van der Waals surface area contributed by atoms with E-state index >= 15 is 0 Å². The van der Waals surface area contributed by atoms with E-state index in [1.807, 2.05) is 0 Å². The highest BCUT2D eigenvalue weighted by Crippen LogP contribution is 2.34. The molecular weight excluding hydrogens is 288 g/mol. The number of benzene rings is 2. The summed E-state index contributed by atoms with van der Waals surface area (Å²) in [6.07, 6.45) is 0.854. The van der Waals surface area contributed by atoms with E-state index in [-0.39, 0.29) is 50.4 Å². The van der Waals surface area contributed by atoms with Crippen LogP contribution in [0.15, 0.2) is 18.2 Å². The number of rotatable bonds is 2. The van der Waals surface area contributed by atoms with E-state index in [4.69, 9.17) is 11.1 Å². The molecule has 1 amide bonds. The van der Waals surface area contributed by atoms with E-state index in [1.165, 1.54) is 12.1 Å². The second-order valence-electron chi connectivity index (χ2n) is 4.59. The van der Waals surface area contributed by atoms with Gasteiger partial charge in [-0.15, -0.1) is 0 Å². The monoisotopic (exact) mass is 298 g/mol. The molecule has 0 radical (unpaired) electrons. The van der Waals surface area contributed by atoms with Crippen LogP contribution in [0.3, 0.4) is 0 Å². The van der Waals surface area contributed by atoms with Gasteiger partial charge in [-0.1, -0.05) is 0 Å². The van der Waals surface area contributed by atoms with Gasteiger partial charge in [-0.05, 0) is 12.1 Å². The van der Waals surface area contributed by atoms with Crippen LogP contribution in [0.2, 0.25) is 0 Å². The minimum absolute atomic E-state index is 0.0168. The number of nitrogens with one attached hydrogen (secondary N) is 1. The molecule has 0 fully saturated rings. The molecular formula is C14H10N4O4. The van der Waals surface area contributed by atoms with Crippen molar-refractivity contribution >= 4 is 34.2 Å². The second kappa shape index (κ2) is 4.55. The van der Waals surface area contributed by atoms with Gasteiger partial charge in [-0.2, -0.15) is 0 Å². The summed E-state index contributed by atoms with van der Waals surface area (Å²) in [7, 11) is 0. The molecule has 0 unspecified atom stereocenters. The average Bonchev–Trinajstić information content (AvgIpc) is 2.46. The molecule has 8 nitrogen and oxygen atoms in total. The lowest BCUT2D eigenvalue weighted by molar-refractivity contribution is 0.100. The Labute approximate surface area is 123 Å². The van der Waals surface area contributed by atoms with Crippen LogP contribution >= 0.6 is 0 Å². The van der Waals surface area contributed by atoms with Crippen molar-refractivity contribution in [3.63, 3.8) is 0 Å². The van der Waals surface area contributed by atoms with Gasteiger partial charge in [0.05, 0.1) is 11.1 Å². The topological polar surface area (TPSA) is 153 Å². The number of fused-ring (bicyclic) bond motifs is 2. The third kappa shape index (κ3) is 1.78. The molecule has 22 heavy (non-hydrogen) atoms. The zero-order valence-electron chi connectivity index (χ0n) is 11.0. The first-order chi connectivity index (χ1) is 10.4. The summed E-state index contributed by atoms with van der Waals surface area (Å²) < 4.78 is 0. The Morgan fingerprint density at radius 1 is 1.00 bits per heavy atom. The largest absolute Gasteiger partial charge is 0.507 e. The molecule has 2 aromatic carbocycles. The van der Waals surface area contributed by atoms with Crippen molar-refractivity contribution in [1.29, 1.82) is 5.41 Å². The van der Waals surface area contributed by atoms with Crippen molar-refractivity contribution in [2.24, 2.45) is 5.73 Å². The fraction of sp³-hybridized carbons (Fsp3) is 0. The maximum Gasteiger partial charge on any atom is 0.250 e. The molecule has 0 aliphatic heterocycles. The Kier molecular flexibility index (Phi) is 2.81. The van der Waals surface area contributed by atoms with E-state index < -0.39 is 5.91 Å². The number of carbonyl (C=O) groups is 1. The van der Waals surface area contributed by atoms with Gasteiger partial charge in [-0.25, -0.2) is 9.97 Å². The first kappa shape index (κ1) is 13.6. The molecule has 6 N–H and O–H groups in total. The predicted octanol–water partition coefficient (Wildman–Crippen LogP) is 0.996. The quantitative estimate of drug-likeness (QED) is 0.351. The molecule has 3 rings (SSSR count). The SMILES string of the molecule is N=Cc1c(O)cc(O)c2nc3c(C(N)=O)ccc(O)c3nc12. The number of phenols is 3. The van der Waals surface area contributed by atoms with Gasteiger partial charge in [-0.3, -0.25) is 4.79 Å². The Morgan fingerprint density at radius 3 is 2.27 bits per heavy atom. The molecule has 0 aliphatic carbocycles. The van der Waals surface area contributed by atoms with Gasteiger partial charge in [0, 0.05) is 12.3 Å². The number of primary amides is 1. The van der Waals surface area contributed by atoms with Crippen LogP contribution in [-0.4, -0.2) is 37.4 Å². The summed E-state index contributed by atoms with van der Waals surface area (Å²) in [5.74, 6) is -1.72. The molecule has 8 heteroatoms. The summed E-state index contributed by atoms with van der Waals surface area (Å²) >= 11 is 0. The van der Waals surface area contributed by atoms with Crippen molar-refractivity contribution in [3.05, 3.63) is 29.3 Å². The lowest BCUT2D eigenvalue weighted by atomic mass is 10.1. The molecule has 110 valence electrons. The van der Waals surface area contributed by atoms with E-state index in [0.29, 0.717) is 0 Å². The normalized spacial score (nSPS) is 10.9. The van der Waals surface area contributed by atoms with Gasteiger partial charge in [0.1, 0.15) is 39.3 Å². The van der Waals surface area contributed by atoms with Crippen LogP contribution in [0.25, 0.3) is 22.1 Å². The number of nitrogens with zero attached hydrogens (tertiary/aromatic N) is 2. The lowest BCUT2D eigenvalue weighted by Crippen LogP contribution is -2.12. The average molecular weight is 298 g/mol. The summed E-state index contributed by atoms with van der Waals surface area (Å²) in [4.78, 5) is 19.7. The van der Waals surface area contributed by atoms with E-state index in [0.717, 1.165) is 12.3 Å². The van der Waals surface area contributed by atoms with Crippen LogP contribution in [0.5, 0.6) is 17.2 Å². The number of hydrogen-bond donors (Lipinski definition) is 5. The highest BCUT2D eigenvalue weighted by atomic mass is 16.3. The lowest BCUT2D eigenvalue weighted by Gasteiger charge is -2.09. The number of hydrogen-bond acceptors (Lipinski definition) is 7. The first-order valence-electron chi connectivity index (χ1n) is 6.12. The Morgan fingerprint density at radius 2 is 1.64 bits per heavy atom. The third-order valence-corrected chi connectivity index (χ3v) is 3.26. The van der Waals surface area contributed by atoms with Gasteiger partial charge >= 0.3 is 0 Å². The zero-order valence-corrected chi connectivity index (χ0v) is 11.0. The van der Waals surface area contributed by atoms with Crippen molar-refractivity contribution in [2.45, 2.75) is 0 Å². The Hall–Kier alpha value is -3.42. The fourth-order valence-electron chi connectivity index (χ4n) is 2.23. The smallest absolute Gasteiger partial charge is 0.250 e. The fourth-order valence-corrected chi connectivity index (χ4v) is 2.23. The molecule has 0 saturated heterocycles. The van der Waals surface area contributed by atoms with E-state index in [1.54, 1.807) is 0 Å². The number of aromatic hydroxyl groups is 3. The Balaban J connectivity index is 2.59. The standard InChI is InChI=1S/C14H10N4O4/c15-4-6-8(20)3-9(21)13-11(6)18-12-7(19)2-1-5(14(16)22)10(12)17-13/h1-4,15,19-21H,(H2,16,22). The maximum atomic E-state index is 11.5. The summed E-state index contributed by atoms with van der Waals surface area (Å²) in [5.41, 5.74) is 5.35. The highest BCUT2D eigenvalue weighted by molar-refractivity contribution is 6.09. The highest BCUT2D eigenvalue weighted by Gasteiger charge is 2.18. The molecule has 0 bridgehead atoms. The third-order valence-electron chi connectivity index (χ3n) is 3.26. The summed E-state index contributed by atoms with van der Waals surface area (Å²) in [6, 6.07) is 3.57. The van der Waals surface area contributed by atoms with Gasteiger partial charge in [0.2, 0.25) is 0 Å². The van der Waals surface area contributed by atoms with Gasteiger partial charge in [0.15, 0.2) is 0 Å². The number of amides is 1. The predicted molar refractivity (Wildman–Crippen MR) is 78.4 cm³/mol. The van der Waals surface area contributed by atoms with Crippen molar-refractivity contribution in [2.75, 3.05) is 0 Å². The van der Waals surface area contributed by atoms with Crippen molar-refractivity contribution < 1.29 is 20.1 Å². The second-order valence-corrected chi connectivity index (χ2v) is 4.59. The van der Waals surface area contributed by atoms with Crippen LogP contribution < -0.4 is 5.73 Å². The summed E-state index contributed by atoms with van der Waals surface area (Å²) in [6.45, 7) is 0. The molecule has 1 heterocycles. The molecule has 0 spiro atoms. The molecule has 0 aliphatic rings. The van der Waals surface area contributed by atoms with Crippen molar-refractivity contribution in [3.8, 4) is 17.2 Å². The Bertz CT molecular complexity index is 968. The minimum atomic E-state index is -0.760. The van der Waals surface area contributed by atoms with E-state index in [9.17, 15) is 20.1 Å². The van der Waals surface area contributed by atoms with Crippen LogP contribution in [0.4, 0.5) is 0 Å². The van der Waals surface area contributed by atoms with E-state index in [2.05, 4.69) is 9.97 Å². The van der Waals surface area contributed by atoms with Crippen LogP contribution in [0, 0.1) is 5.41 Å². The first-order valence-corrected chi connectivity index (χ1v) is 6.12. The molecule has 0 atom stereocenters. The van der Waals surface area contributed by atoms with Crippen LogP contribution in [-0.2, 0) is 0 Å². The van der Waals surface area contributed by atoms with Gasteiger partial charge in [0.25, 0.3) is 5.91 Å². The number of carbonyl (C=O) groups excluding carboxylic acids is 1. The molecule has 0 saturated carbocycles. The number of nitrogens with two attached hydrogens (primary N) is 1. The summed E-state index contributed by atoms with van der Waals surface area (Å²) in [5, 5.41) is 36.9. The molecule has 1 aromatic heterocycles.